The molecule has 44 heavy (non-hydrogen) atoms. The third-order valence-electron chi connectivity index (χ3n) is 8.78. The van der Waals surface area contributed by atoms with Crippen molar-refractivity contribution >= 4 is 21.8 Å². The molecule has 7 aromatic carbocycles. The molecule has 0 spiro atoms. The zero-order chi connectivity index (χ0) is 29.5. The molecule has 0 aliphatic heterocycles. The number of benzene rings is 7. The van der Waals surface area contributed by atoms with Gasteiger partial charge in [-0.25, -0.2) is 0 Å². The SMILES string of the molecule is Cc1ccccc1-c1ccccc1-c1ccc2c3ccccc3n(-c3c(-c4ccccc4)cccc3-c3ccccc3)c2c1. The Kier molecular flexibility index (Phi) is 6.43. The van der Waals surface area contributed by atoms with E-state index in [1.54, 1.807) is 0 Å². The molecular formula is C43H31N. The van der Waals surface area contributed by atoms with Crippen LogP contribution in [0.4, 0.5) is 0 Å². The van der Waals surface area contributed by atoms with Gasteiger partial charge >= 0.3 is 0 Å². The van der Waals surface area contributed by atoms with Gasteiger partial charge in [-0.2, -0.15) is 0 Å². The predicted octanol–water partition coefficient (Wildman–Crippen LogP) is 11.8. The first-order valence-corrected chi connectivity index (χ1v) is 15.2. The number of rotatable bonds is 5. The molecule has 0 amide bonds. The van der Waals surface area contributed by atoms with Gasteiger partial charge in [-0.3, -0.25) is 0 Å². The first-order chi connectivity index (χ1) is 21.8. The van der Waals surface area contributed by atoms with E-state index in [9.17, 15) is 0 Å². The topological polar surface area (TPSA) is 4.93 Å². The fraction of sp³-hybridized carbons (Fsp3) is 0.0233. The van der Waals surface area contributed by atoms with Crippen LogP contribution in [0, 0.1) is 6.92 Å². The number of aromatic nitrogens is 1. The Labute approximate surface area is 258 Å². The quantitative estimate of drug-likeness (QED) is 0.197. The maximum atomic E-state index is 2.50. The average Bonchev–Trinajstić information content (AvgIpc) is 3.42. The van der Waals surface area contributed by atoms with Gasteiger partial charge in [-0.1, -0.05) is 158 Å². The van der Waals surface area contributed by atoms with E-state index in [0.717, 1.165) is 0 Å². The van der Waals surface area contributed by atoms with Crippen LogP contribution in [0.2, 0.25) is 0 Å². The van der Waals surface area contributed by atoms with Crippen molar-refractivity contribution in [2.75, 3.05) is 0 Å². The molecule has 1 aromatic heterocycles. The Bertz CT molecular complexity index is 2220. The van der Waals surface area contributed by atoms with E-state index < -0.39 is 0 Å². The molecule has 8 rings (SSSR count). The van der Waals surface area contributed by atoms with Gasteiger partial charge < -0.3 is 4.57 Å². The van der Waals surface area contributed by atoms with Gasteiger partial charge in [0.15, 0.2) is 0 Å². The van der Waals surface area contributed by atoms with Crippen molar-refractivity contribution in [1.29, 1.82) is 0 Å². The molecule has 0 atom stereocenters. The van der Waals surface area contributed by atoms with Crippen LogP contribution in [-0.2, 0) is 0 Å². The number of hydrogen-bond acceptors (Lipinski definition) is 0. The molecular weight excluding hydrogens is 530 g/mol. The molecule has 208 valence electrons. The van der Waals surface area contributed by atoms with E-state index in [2.05, 4.69) is 181 Å². The average molecular weight is 562 g/mol. The molecule has 0 fully saturated rings. The minimum atomic E-state index is 1.19. The van der Waals surface area contributed by atoms with Crippen LogP contribution in [-0.4, -0.2) is 4.57 Å². The van der Waals surface area contributed by atoms with E-state index in [1.807, 2.05) is 0 Å². The third-order valence-corrected chi connectivity index (χ3v) is 8.78. The van der Waals surface area contributed by atoms with E-state index in [1.165, 1.54) is 77.6 Å². The maximum Gasteiger partial charge on any atom is 0.0618 e. The lowest BCUT2D eigenvalue weighted by molar-refractivity contribution is 1.18. The summed E-state index contributed by atoms with van der Waals surface area (Å²) in [5.41, 5.74) is 14.7. The molecule has 8 aromatic rings. The second-order valence-electron chi connectivity index (χ2n) is 11.4. The molecule has 0 saturated heterocycles. The van der Waals surface area contributed by atoms with Crippen molar-refractivity contribution in [2.45, 2.75) is 6.92 Å². The summed E-state index contributed by atoms with van der Waals surface area (Å²) in [6, 6.07) is 61.5. The number of fused-ring (bicyclic) bond motifs is 3. The van der Waals surface area contributed by atoms with E-state index in [4.69, 9.17) is 0 Å². The summed E-state index contributed by atoms with van der Waals surface area (Å²) in [4.78, 5) is 0. The Morgan fingerprint density at radius 1 is 0.341 bits per heavy atom. The fourth-order valence-electron chi connectivity index (χ4n) is 6.71. The van der Waals surface area contributed by atoms with E-state index >= 15 is 0 Å². The standard InChI is InChI=1S/C43H31N/c1-30-15-8-9-20-34(30)38-22-11-10-21-35(38)33-27-28-40-39-23-12-13-26-41(39)44(42(40)29-33)43-36(31-16-4-2-5-17-31)24-14-25-37(43)32-18-6-3-7-19-32/h2-29H,1H3. The van der Waals surface area contributed by atoms with Crippen molar-refractivity contribution in [3.63, 3.8) is 0 Å². The number of aryl methyl sites for hydroxylation is 1. The highest BCUT2D eigenvalue weighted by Gasteiger charge is 2.20. The summed E-state index contributed by atoms with van der Waals surface area (Å²) < 4.78 is 2.50. The van der Waals surface area contributed by atoms with Crippen LogP contribution in [0.15, 0.2) is 170 Å². The highest BCUT2D eigenvalue weighted by Crippen LogP contribution is 2.43. The van der Waals surface area contributed by atoms with Gasteiger partial charge in [0.05, 0.1) is 16.7 Å². The van der Waals surface area contributed by atoms with E-state index in [-0.39, 0.29) is 0 Å². The Morgan fingerprint density at radius 3 is 1.55 bits per heavy atom. The number of nitrogens with zero attached hydrogens (tertiary/aromatic N) is 1. The van der Waals surface area contributed by atoms with Gasteiger partial charge in [0.2, 0.25) is 0 Å². The van der Waals surface area contributed by atoms with Crippen LogP contribution in [0.5, 0.6) is 0 Å². The monoisotopic (exact) mass is 561 g/mol. The van der Waals surface area contributed by atoms with Crippen molar-refractivity contribution < 1.29 is 0 Å². The fourth-order valence-corrected chi connectivity index (χ4v) is 6.71. The number of hydrogen-bond donors (Lipinski definition) is 0. The van der Waals surface area contributed by atoms with Crippen LogP contribution in [0.25, 0.3) is 72.0 Å². The van der Waals surface area contributed by atoms with Crippen molar-refractivity contribution in [1.82, 2.24) is 4.57 Å². The zero-order valence-corrected chi connectivity index (χ0v) is 24.6. The second kappa shape index (κ2) is 10.9. The molecule has 0 saturated carbocycles. The second-order valence-corrected chi connectivity index (χ2v) is 11.4. The van der Waals surface area contributed by atoms with Crippen molar-refractivity contribution in [3.05, 3.63) is 175 Å². The minimum Gasteiger partial charge on any atom is -0.308 e. The molecule has 0 radical (unpaired) electrons. The van der Waals surface area contributed by atoms with Crippen LogP contribution in [0.3, 0.4) is 0 Å². The highest BCUT2D eigenvalue weighted by atomic mass is 15.0. The summed E-state index contributed by atoms with van der Waals surface area (Å²) in [6.07, 6.45) is 0. The normalized spacial score (nSPS) is 11.3. The highest BCUT2D eigenvalue weighted by molar-refractivity contribution is 6.11. The summed E-state index contributed by atoms with van der Waals surface area (Å²) in [5.74, 6) is 0. The summed E-state index contributed by atoms with van der Waals surface area (Å²) in [7, 11) is 0. The largest absolute Gasteiger partial charge is 0.308 e. The van der Waals surface area contributed by atoms with Crippen LogP contribution >= 0.6 is 0 Å². The Hall–Kier alpha value is -5.66. The Balaban J connectivity index is 1.47. The van der Waals surface area contributed by atoms with Gasteiger partial charge in [-0.15, -0.1) is 0 Å². The summed E-state index contributed by atoms with van der Waals surface area (Å²) in [5, 5.41) is 2.50. The summed E-state index contributed by atoms with van der Waals surface area (Å²) in [6.45, 7) is 2.19. The van der Waals surface area contributed by atoms with Crippen molar-refractivity contribution in [3.8, 4) is 50.2 Å². The lowest BCUT2D eigenvalue weighted by Gasteiger charge is -2.19. The summed E-state index contributed by atoms with van der Waals surface area (Å²) >= 11 is 0. The lowest BCUT2D eigenvalue weighted by atomic mass is 9.92. The van der Waals surface area contributed by atoms with Gasteiger partial charge in [0, 0.05) is 21.9 Å². The maximum absolute atomic E-state index is 2.50. The molecule has 0 unspecified atom stereocenters. The number of para-hydroxylation sites is 2. The van der Waals surface area contributed by atoms with E-state index in [0.29, 0.717) is 0 Å². The first kappa shape index (κ1) is 26.0. The molecule has 1 heterocycles. The molecule has 0 bridgehead atoms. The smallest absolute Gasteiger partial charge is 0.0618 e. The molecule has 1 nitrogen and oxygen atoms in total. The van der Waals surface area contributed by atoms with Gasteiger partial charge in [0.25, 0.3) is 0 Å². The molecule has 0 aliphatic carbocycles. The predicted molar refractivity (Wildman–Crippen MR) is 187 cm³/mol. The molecule has 0 aliphatic rings. The first-order valence-electron chi connectivity index (χ1n) is 15.2. The molecule has 0 N–H and O–H groups in total. The van der Waals surface area contributed by atoms with Crippen molar-refractivity contribution in [2.24, 2.45) is 0 Å². The minimum absolute atomic E-state index is 1.19. The Morgan fingerprint density at radius 2 is 0.864 bits per heavy atom. The van der Waals surface area contributed by atoms with Crippen LogP contribution in [0.1, 0.15) is 5.56 Å². The lowest BCUT2D eigenvalue weighted by Crippen LogP contribution is -2.00. The third kappa shape index (κ3) is 4.33. The van der Waals surface area contributed by atoms with Crippen LogP contribution < -0.4 is 0 Å². The van der Waals surface area contributed by atoms with Gasteiger partial charge in [0.1, 0.15) is 0 Å². The van der Waals surface area contributed by atoms with Gasteiger partial charge in [-0.05, 0) is 58.0 Å². The molecule has 1 heteroatoms. The zero-order valence-electron chi connectivity index (χ0n) is 24.6.